The van der Waals surface area contributed by atoms with Gasteiger partial charge in [-0.1, -0.05) is 31.4 Å². The number of amides is 2. The second-order valence-electron chi connectivity index (χ2n) is 7.25. The van der Waals surface area contributed by atoms with E-state index in [1.54, 1.807) is 28.4 Å². The van der Waals surface area contributed by atoms with Gasteiger partial charge in [0, 0.05) is 15.8 Å². The summed E-state index contributed by atoms with van der Waals surface area (Å²) in [5.41, 5.74) is 0. The summed E-state index contributed by atoms with van der Waals surface area (Å²) in [6.07, 6.45) is 6.98. The number of rotatable bonds is 7. The summed E-state index contributed by atoms with van der Waals surface area (Å²) in [6, 6.07) is 10.6. The van der Waals surface area contributed by atoms with Crippen molar-refractivity contribution < 1.29 is 14.0 Å². The minimum atomic E-state index is -0.684. The number of nitrogens with one attached hydrogen (secondary N) is 1. The lowest BCUT2D eigenvalue weighted by Gasteiger charge is -2.32. The predicted octanol–water partition coefficient (Wildman–Crippen LogP) is 5.24. The highest BCUT2D eigenvalue weighted by Gasteiger charge is 2.35. The first-order chi connectivity index (χ1) is 14.2. The molecule has 0 saturated heterocycles. The standard InChI is InChI=1S/C22H24N2O3S2/c25-21(23-16-7-2-1-3-8-16)20(19-11-6-14-29-19)24(15-17-9-5-13-28-17)22(26)18-10-4-12-27-18/h4-6,9-14,16,20H,1-3,7-8,15H2,(H,23,25)/t20-/m1/s1. The zero-order valence-corrected chi connectivity index (χ0v) is 17.7. The Hall–Kier alpha value is -2.38. The Morgan fingerprint density at radius 3 is 2.52 bits per heavy atom. The average molecular weight is 429 g/mol. The van der Waals surface area contributed by atoms with Crippen molar-refractivity contribution in [1.29, 1.82) is 0 Å². The van der Waals surface area contributed by atoms with Gasteiger partial charge in [-0.2, -0.15) is 0 Å². The molecule has 29 heavy (non-hydrogen) atoms. The van der Waals surface area contributed by atoms with Gasteiger partial charge in [-0.15, -0.1) is 22.7 Å². The molecule has 2 amide bonds. The van der Waals surface area contributed by atoms with Crippen LogP contribution in [0.5, 0.6) is 0 Å². The number of nitrogens with zero attached hydrogens (tertiary/aromatic N) is 1. The first-order valence-corrected chi connectivity index (χ1v) is 11.7. The van der Waals surface area contributed by atoms with Gasteiger partial charge in [0.1, 0.15) is 6.04 Å². The van der Waals surface area contributed by atoms with Gasteiger partial charge in [-0.25, -0.2) is 0 Å². The monoisotopic (exact) mass is 428 g/mol. The molecule has 1 saturated carbocycles. The molecule has 4 rings (SSSR count). The fraction of sp³-hybridized carbons (Fsp3) is 0.364. The third-order valence-corrected chi connectivity index (χ3v) is 7.01. The van der Waals surface area contributed by atoms with Crippen LogP contribution in [0, 0.1) is 0 Å². The molecule has 1 aliphatic carbocycles. The minimum absolute atomic E-state index is 0.115. The van der Waals surface area contributed by atoms with E-state index in [0.717, 1.165) is 35.4 Å². The van der Waals surface area contributed by atoms with Gasteiger partial charge >= 0.3 is 0 Å². The van der Waals surface area contributed by atoms with E-state index < -0.39 is 6.04 Å². The van der Waals surface area contributed by atoms with E-state index in [0.29, 0.717) is 6.54 Å². The SMILES string of the molecule is O=C(NC1CCCCC1)[C@@H](c1cccs1)N(Cc1cccs1)C(=O)c1ccco1. The summed E-state index contributed by atoms with van der Waals surface area (Å²) in [4.78, 5) is 30.3. The molecular weight excluding hydrogens is 404 g/mol. The van der Waals surface area contributed by atoms with Crippen LogP contribution in [0.15, 0.2) is 57.8 Å². The van der Waals surface area contributed by atoms with Crippen LogP contribution in [0.25, 0.3) is 0 Å². The Kier molecular flexibility index (Phi) is 6.46. The summed E-state index contributed by atoms with van der Waals surface area (Å²) in [7, 11) is 0. The van der Waals surface area contributed by atoms with Crippen molar-refractivity contribution in [2.24, 2.45) is 0 Å². The number of carbonyl (C=O) groups is 2. The van der Waals surface area contributed by atoms with Crippen LogP contribution in [0.1, 0.15) is 58.5 Å². The molecule has 1 fully saturated rings. The van der Waals surface area contributed by atoms with Gasteiger partial charge in [0.05, 0.1) is 12.8 Å². The number of furan rings is 1. The minimum Gasteiger partial charge on any atom is -0.459 e. The average Bonchev–Trinajstić information content (AvgIpc) is 3.51. The lowest BCUT2D eigenvalue weighted by Crippen LogP contribution is -2.46. The zero-order valence-electron chi connectivity index (χ0n) is 16.1. The summed E-state index contributed by atoms with van der Waals surface area (Å²) in [6.45, 7) is 0.359. The highest BCUT2D eigenvalue weighted by molar-refractivity contribution is 7.10. The zero-order chi connectivity index (χ0) is 20.1. The van der Waals surface area contributed by atoms with Crippen LogP contribution >= 0.6 is 22.7 Å². The lowest BCUT2D eigenvalue weighted by atomic mass is 9.95. The van der Waals surface area contributed by atoms with E-state index in [1.165, 1.54) is 24.0 Å². The largest absolute Gasteiger partial charge is 0.459 e. The molecule has 5 nitrogen and oxygen atoms in total. The van der Waals surface area contributed by atoms with Gasteiger partial charge in [0.25, 0.3) is 5.91 Å². The quantitative estimate of drug-likeness (QED) is 0.560. The number of thiophene rings is 2. The molecule has 0 bridgehead atoms. The smallest absolute Gasteiger partial charge is 0.290 e. The Bertz CT molecular complexity index is 898. The summed E-state index contributed by atoms with van der Waals surface area (Å²) in [5.74, 6) is -0.148. The second kappa shape index (κ2) is 9.41. The molecule has 0 unspecified atom stereocenters. The van der Waals surface area contributed by atoms with Gasteiger partial charge < -0.3 is 14.6 Å². The topological polar surface area (TPSA) is 62.6 Å². The Balaban J connectivity index is 1.65. The van der Waals surface area contributed by atoms with E-state index in [9.17, 15) is 9.59 Å². The third-order valence-electron chi connectivity index (χ3n) is 5.22. The third kappa shape index (κ3) is 4.79. The van der Waals surface area contributed by atoms with E-state index in [1.807, 2.05) is 35.0 Å². The molecule has 0 spiro atoms. The van der Waals surface area contributed by atoms with Gasteiger partial charge in [0.15, 0.2) is 5.76 Å². The van der Waals surface area contributed by atoms with Crippen molar-refractivity contribution in [2.75, 3.05) is 0 Å². The number of hydrogen-bond acceptors (Lipinski definition) is 5. The van der Waals surface area contributed by atoms with Crippen LogP contribution in [-0.2, 0) is 11.3 Å². The van der Waals surface area contributed by atoms with E-state index in [4.69, 9.17) is 4.42 Å². The summed E-state index contributed by atoms with van der Waals surface area (Å²) in [5, 5.41) is 7.13. The van der Waals surface area contributed by atoms with Gasteiger partial charge in [-0.05, 0) is 47.9 Å². The molecule has 0 radical (unpaired) electrons. The maximum absolute atomic E-state index is 13.4. The van der Waals surface area contributed by atoms with E-state index in [2.05, 4.69) is 5.32 Å². The fourth-order valence-electron chi connectivity index (χ4n) is 3.79. The first kappa shape index (κ1) is 19.9. The molecule has 1 aliphatic rings. The summed E-state index contributed by atoms with van der Waals surface area (Å²) < 4.78 is 5.38. The maximum atomic E-state index is 13.4. The molecule has 3 heterocycles. The molecule has 3 aromatic heterocycles. The Morgan fingerprint density at radius 2 is 1.86 bits per heavy atom. The molecule has 1 atom stereocenters. The summed E-state index contributed by atoms with van der Waals surface area (Å²) >= 11 is 3.07. The van der Waals surface area contributed by atoms with Crippen molar-refractivity contribution in [3.05, 3.63) is 68.9 Å². The van der Waals surface area contributed by atoms with E-state index >= 15 is 0 Å². The molecule has 0 aliphatic heterocycles. The predicted molar refractivity (Wildman–Crippen MR) is 115 cm³/mol. The van der Waals surface area contributed by atoms with Crippen molar-refractivity contribution in [1.82, 2.24) is 10.2 Å². The molecule has 1 N–H and O–H groups in total. The van der Waals surface area contributed by atoms with Crippen molar-refractivity contribution >= 4 is 34.5 Å². The van der Waals surface area contributed by atoms with Crippen molar-refractivity contribution in [3.63, 3.8) is 0 Å². The van der Waals surface area contributed by atoms with E-state index in [-0.39, 0.29) is 23.6 Å². The fourth-order valence-corrected chi connectivity index (χ4v) is 5.33. The normalized spacial score (nSPS) is 15.7. The Labute approximate surface area is 178 Å². The number of hydrogen-bond donors (Lipinski definition) is 1. The molecule has 0 aromatic carbocycles. The highest BCUT2D eigenvalue weighted by atomic mass is 32.1. The molecule has 3 aromatic rings. The first-order valence-electron chi connectivity index (χ1n) is 9.93. The van der Waals surface area contributed by atoms with Crippen LogP contribution in [0.3, 0.4) is 0 Å². The maximum Gasteiger partial charge on any atom is 0.290 e. The van der Waals surface area contributed by atoms with Crippen molar-refractivity contribution in [3.8, 4) is 0 Å². The molecule has 152 valence electrons. The molecule has 7 heteroatoms. The van der Waals surface area contributed by atoms with Gasteiger partial charge in [-0.3, -0.25) is 9.59 Å². The lowest BCUT2D eigenvalue weighted by molar-refractivity contribution is -0.127. The number of carbonyl (C=O) groups excluding carboxylic acids is 2. The highest BCUT2D eigenvalue weighted by Crippen LogP contribution is 2.30. The van der Waals surface area contributed by atoms with Crippen LogP contribution in [-0.4, -0.2) is 22.8 Å². The molecular formula is C22H24N2O3S2. The second-order valence-corrected chi connectivity index (χ2v) is 9.26. The van der Waals surface area contributed by atoms with Gasteiger partial charge in [0.2, 0.25) is 5.91 Å². The van der Waals surface area contributed by atoms with Crippen molar-refractivity contribution in [2.45, 2.75) is 50.7 Å². The Morgan fingerprint density at radius 1 is 1.07 bits per heavy atom. The van der Waals surface area contributed by atoms with Crippen LogP contribution in [0.2, 0.25) is 0 Å². The van der Waals surface area contributed by atoms with Crippen LogP contribution < -0.4 is 5.32 Å². The van der Waals surface area contributed by atoms with Crippen LogP contribution in [0.4, 0.5) is 0 Å².